The zero-order chi connectivity index (χ0) is 24.6. The number of anilines is 1. The zero-order valence-corrected chi connectivity index (χ0v) is 19.4. The van der Waals surface area contributed by atoms with Crippen LogP contribution in [0.4, 0.5) is 14.5 Å². The van der Waals surface area contributed by atoms with Gasteiger partial charge in [-0.3, -0.25) is 14.4 Å². The Morgan fingerprint density at radius 2 is 1.94 bits per heavy atom. The highest BCUT2D eigenvalue weighted by atomic mass is 19.3. The van der Waals surface area contributed by atoms with Gasteiger partial charge in [-0.1, -0.05) is 24.3 Å². The fraction of sp³-hybridized carbons (Fsp3) is 0.400. The van der Waals surface area contributed by atoms with E-state index in [0.717, 1.165) is 6.42 Å². The molecule has 2 aliphatic rings. The fourth-order valence-corrected chi connectivity index (χ4v) is 4.41. The van der Waals surface area contributed by atoms with Gasteiger partial charge in [-0.25, -0.2) is 0 Å². The molecule has 0 aliphatic carbocycles. The van der Waals surface area contributed by atoms with E-state index in [-0.39, 0.29) is 36.5 Å². The Bertz CT molecular complexity index is 1130. The van der Waals surface area contributed by atoms with Crippen molar-refractivity contribution in [2.75, 3.05) is 19.0 Å². The fourth-order valence-electron chi connectivity index (χ4n) is 4.41. The smallest absolute Gasteiger partial charge is 0.349 e. The predicted molar refractivity (Wildman–Crippen MR) is 123 cm³/mol. The van der Waals surface area contributed by atoms with Gasteiger partial charge in [0.25, 0.3) is 11.8 Å². The summed E-state index contributed by atoms with van der Waals surface area (Å²) in [5.41, 5.74) is 1.99. The molecule has 3 amide bonds. The lowest BCUT2D eigenvalue weighted by Gasteiger charge is -2.33. The first-order chi connectivity index (χ1) is 16.1. The molecule has 9 heteroatoms. The number of rotatable bonds is 6. The summed E-state index contributed by atoms with van der Waals surface area (Å²) < 4.78 is 29.5. The lowest BCUT2D eigenvalue weighted by Crippen LogP contribution is -2.53. The molecule has 1 fully saturated rings. The molecule has 0 saturated carbocycles. The molecule has 1 saturated heterocycles. The van der Waals surface area contributed by atoms with E-state index in [9.17, 15) is 23.2 Å². The third-order valence-electron chi connectivity index (χ3n) is 6.41. The van der Waals surface area contributed by atoms with Crippen LogP contribution in [-0.4, -0.2) is 48.8 Å². The maximum absolute atomic E-state index is 14.8. The highest BCUT2D eigenvalue weighted by molar-refractivity contribution is 6.01. The summed E-state index contributed by atoms with van der Waals surface area (Å²) in [6.07, 6.45) is 1.39. The number of halogens is 2. The third-order valence-corrected chi connectivity index (χ3v) is 6.41. The summed E-state index contributed by atoms with van der Waals surface area (Å²) in [4.78, 5) is 40.8. The topological polar surface area (TPSA) is 81.8 Å². The van der Waals surface area contributed by atoms with E-state index < -0.39 is 17.9 Å². The van der Waals surface area contributed by atoms with Crippen molar-refractivity contribution in [2.24, 2.45) is 0 Å². The Morgan fingerprint density at radius 1 is 1.18 bits per heavy atom. The van der Waals surface area contributed by atoms with Gasteiger partial charge in [0.15, 0.2) is 0 Å². The van der Waals surface area contributed by atoms with Crippen LogP contribution in [0.25, 0.3) is 0 Å². The Kier molecular flexibility index (Phi) is 6.29. The molecule has 0 spiro atoms. The van der Waals surface area contributed by atoms with Crippen LogP contribution in [0.1, 0.15) is 46.8 Å². The number of nitrogens with zero attached hydrogens (tertiary/aromatic N) is 2. The van der Waals surface area contributed by atoms with Crippen LogP contribution in [0, 0.1) is 0 Å². The van der Waals surface area contributed by atoms with Crippen LogP contribution in [0.15, 0.2) is 42.5 Å². The van der Waals surface area contributed by atoms with E-state index in [1.54, 1.807) is 48.2 Å². The number of fused-ring (bicyclic) bond motifs is 1. The molecule has 2 heterocycles. The number of carbonyl (C=O) groups excluding carboxylic acids is 3. The van der Waals surface area contributed by atoms with Gasteiger partial charge in [0.1, 0.15) is 6.04 Å². The van der Waals surface area contributed by atoms with Gasteiger partial charge in [0.05, 0.1) is 0 Å². The van der Waals surface area contributed by atoms with Crippen LogP contribution in [0.2, 0.25) is 0 Å². The van der Waals surface area contributed by atoms with Crippen molar-refractivity contribution in [2.45, 2.75) is 50.9 Å². The summed E-state index contributed by atoms with van der Waals surface area (Å²) in [5, 5.41) is 5.19. The SMILES string of the molecule is CC1CCC(N2Cc3cc(CNC(=O)C(F)(F)c4cccc(N(C)C)c4)ccc3C2=O)C(=O)N1. The Balaban J connectivity index is 1.43. The molecule has 2 N–H and O–H groups in total. The van der Waals surface area contributed by atoms with Gasteiger partial charge in [-0.2, -0.15) is 8.78 Å². The average molecular weight is 471 g/mol. The van der Waals surface area contributed by atoms with Crippen molar-refractivity contribution in [1.29, 1.82) is 0 Å². The van der Waals surface area contributed by atoms with Crippen molar-refractivity contribution < 1.29 is 23.2 Å². The second-order valence-corrected chi connectivity index (χ2v) is 9.13. The third kappa shape index (κ3) is 4.47. The molecule has 7 nitrogen and oxygen atoms in total. The molecule has 2 aromatic rings. The first-order valence-corrected chi connectivity index (χ1v) is 11.2. The average Bonchev–Trinajstić information content (AvgIpc) is 3.13. The number of hydrogen-bond acceptors (Lipinski definition) is 4. The van der Waals surface area contributed by atoms with Crippen LogP contribution >= 0.6 is 0 Å². The number of benzene rings is 2. The van der Waals surface area contributed by atoms with Crippen LogP contribution in [0.3, 0.4) is 0 Å². The molecule has 34 heavy (non-hydrogen) atoms. The number of amides is 3. The predicted octanol–water partition coefficient (Wildman–Crippen LogP) is 2.78. The van der Waals surface area contributed by atoms with Gasteiger partial charge >= 0.3 is 5.92 Å². The second kappa shape index (κ2) is 9.04. The van der Waals surface area contributed by atoms with Gasteiger partial charge in [-0.05, 0) is 49.1 Å². The van der Waals surface area contributed by atoms with E-state index in [4.69, 9.17) is 0 Å². The minimum Gasteiger partial charge on any atom is -0.378 e. The standard InChI is InChI=1S/C25H28F2N4O3/c1-15-7-10-21(22(32)29-15)31-14-17-11-16(8-9-20(17)23(31)33)13-28-24(34)25(26,27)18-5-4-6-19(12-18)30(2)3/h4-6,8-9,11-12,15,21H,7,10,13-14H2,1-3H3,(H,28,34)(H,29,32). The van der Waals surface area contributed by atoms with Crippen LogP contribution in [-0.2, 0) is 28.6 Å². The molecule has 0 aromatic heterocycles. The molecule has 0 radical (unpaired) electrons. The highest BCUT2D eigenvalue weighted by Crippen LogP contribution is 2.31. The van der Waals surface area contributed by atoms with Crippen molar-refractivity contribution in [3.05, 3.63) is 64.7 Å². The van der Waals surface area contributed by atoms with Gasteiger partial charge < -0.3 is 20.4 Å². The van der Waals surface area contributed by atoms with Crippen LogP contribution < -0.4 is 15.5 Å². The molecule has 180 valence electrons. The summed E-state index contributed by atoms with van der Waals surface area (Å²) in [6.45, 7) is 2.10. The van der Waals surface area contributed by atoms with E-state index >= 15 is 0 Å². The monoisotopic (exact) mass is 470 g/mol. The van der Waals surface area contributed by atoms with Crippen molar-refractivity contribution >= 4 is 23.4 Å². The largest absolute Gasteiger partial charge is 0.378 e. The number of nitrogens with one attached hydrogen (secondary N) is 2. The summed E-state index contributed by atoms with van der Waals surface area (Å²) in [6, 6.07) is 10.2. The first kappa shape index (κ1) is 23.7. The molecular formula is C25H28F2N4O3. The first-order valence-electron chi connectivity index (χ1n) is 11.2. The van der Waals surface area contributed by atoms with Crippen LogP contribution in [0.5, 0.6) is 0 Å². The van der Waals surface area contributed by atoms with E-state index in [1.807, 2.05) is 6.92 Å². The van der Waals surface area contributed by atoms with Crippen molar-refractivity contribution in [3.8, 4) is 0 Å². The second-order valence-electron chi connectivity index (χ2n) is 9.13. The quantitative estimate of drug-likeness (QED) is 0.680. The normalized spacial score (nSPS) is 20.1. The van der Waals surface area contributed by atoms with Crippen molar-refractivity contribution in [3.63, 3.8) is 0 Å². The number of carbonyl (C=O) groups is 3. The maximum Gasteiger partial charge on any atom is 0.349 e. The lowest BCUT2D eigenvalue weighted by atomic mass is 10.00. The Morgan fingerprint density at radius 3 is 2.65 bits per heavy atom. The summed E-state index contributed by atoms with van der Waals surface area (Å²) in [7, 11) is 3.47. The Labute approximate surface area is 197 Å². The minimum absolute atomic E-state index is 0.0857. The zero-order valence-electron chi connectivity index (χ0n) is 19.4. The van der Waals surface area contributed by atoms with E-state index in [1.165, 1.54) is 18.2 Å². The van der Waals surface area contributed by atoms with Gasteiger partial charge in [0, 0.05) is 50.0 Å². The molecule has 2 aromatic carbocycles. The molecule has 2 unspecified atom stereocenters. The lowest BCUT2D eigenvalue weighted by molar-refractivity contribution is -0.147. The molecule has 4 rings (SSSR count). The number of alkyl halides is 2. The van der Waals surface area contributed by atoms with Gasteiger partial charge in [-0.15, -0.1) is 0 Å². The number of hydrogen-bond donors (Lipinski definition) is 2. The Hall–Kier alpha value is -3.49. The van der Waals surface area contributed by atoms with E-state index in [0.29, 0.717) is 28.8 Å². The van der Waals surface area contributed by atoms with Gasteiger partial charge in [0.2, 0.25) is 5.91 Å². The maximum atomic E-state index is 14.8. The molecule has 2 aliphatic heterocycles. The molecule has 2 atom stereocenters. The summed E-state index contributed by atoms with van der Waals surface area (Å²) >= 11 is 0. The van der Waals surface area contributed by atoms with Crippen molar-refractivity contribution in [1.82, 2.24) is 15.5 Å². The van der Waals surface area contributed by atoms with E-state index in [2.05, 4.69) is 10.6 Å². The molecule has 0 bridgehead atoms. The highest BCUT2D eigenvalue weighted by Gasteiger charge is 2.41. The number of piperidine rings is 1. The summed E-state index contributed by atoms with van der Waals surface area (Å²) in [5.74, 6) is -5.46. The minimum atomic E-state index is -3.69. The molecular weight excluding hydrogens is 442 g/mol.